The second-order valence-electron chi connectivity index (χ2n) is 6.75. The Labute approximate surface area is 181 Å². The van der Waals surface area contributed by atoms with Crippen LogP contribution in [0.3, 0.4) is 0 Å². The third kappa shape index (κ3) is 3.75. The predicted molar refractivity (Wildman–Crippen MR) is 121 cm³/mol. The highest BCUT2D eigenvalue weighted by Gasteiger charge is 2.32. The Morgan fingerprint density at radius 2 is 1.42 bits per heavy atom. The highest BCUT2D eigenvalue weighted by atomic mass is 16.5. The topological polar surface area (TPSA) is 60.4 Å². The molecule has 156 valence electrons. The number of methoxy groups -OCH3 is 3. The van der Waals surface area contributed by atoms with E-state index in [9.17, 15) is 4.79 Å². The van der Waals surface area contributed by atoms with Crippen molar-refractivity contribution in [3.8, 4) is 17.2 Å². The lowest BCUT2D eigenvalue weighted by atomic mass is 9.99. The van der Waals surface area contributed by atoms with Crippen LogP contribution in [0.25, 0.3) is 6.08 Å². The molecule has 0 N–H and O–H groups in total. The van der Waals surface area contributed by atoms with Gasteiger partial charge < -0.3 is 14.2 Å². The summed E-state index contributed by atoms with van der Waals surface area (Å²) in [5.74, 6) is 1.26. The molecule has 0 unspecified atom stereocenters. The van der Waals surface area contributed by atoms with Crippen molar-refractivity contribution >= 4 is 23.4 Å². The lowest BCUT2D eigenvalue weighted by molar-refractivity contribution is -0.114. The van der Waals surface area contributed by atoms with Crippen molar-refractivity contribution < 1.29 is 19.0 Å². The van der Waals surface area contributed by atoms with Gasteiger partial charge in [-0.3, -0.25) is 4.79 Å². The van der Waals surface area contributed by atoms with Crippen LogP contribution in [-0.2, 0) is 4.79 Å². The number of anilines is 1. The molecule has 0 radical (unpaired) electrons. The first kappa shape index (κ1) is 20.2. The fourth-order valence-electron chi connectivity index (χ4n) is 3.49. The standard InChI is InChI=1S/C25H22N2O4/c1-29-21-15-14-18(23(30-2)24(21)31-3)16-20-22(17-10-6-4-7-11-17)26-27(25(20)28)19-12-8-5-9-13-19/h4-16H,1-3H3/b20-16-. The second kappa shape index (κ2) is 8.75. The second-order valence-corrected chi connectivity index (χ2v) is 6.75. The number of nitrogens with zero attached hydrogens (tertiary/aromatic N) is 2. The molecule has 4 rings (SSSR count). The van der Waals surface area contributed by atoms with Gasteiger partial charge in [0.1, 0.15) is 5.71 Å². The third-order valence-corrected chi connectivity index (χ3v) is 4.96. The predicted octanol–water partition coefficient (Wildman–Crippen LogP) is 4.55. The van der Waals surface area contributed by atoms with E-state index in [-0.39, 0.29) is 5.91 Å². The third-order valence-electron chi connectivity index (χ3n) is 4.96. The molecule has 1 aliphatic heterocycles. The number of benzene rings is 3. The number of ether oxygens (including phenoxy) is 3. The number of hydrogen-bond acceptors (Lipinski definition) is 5. The Morgan fingerprint density at radius 1 is 0.774 bits per heavy atom. The van der Waals surface area contributed by atoms with Crippen LogP contribution in [0, 0.1) is 0 Å². The molecular formula is C25H22N2O4. The van der Waals surface area contributed by atoms with Crippen LogP contribution >= 0.6 is 0 Å². The first-order chi connectivity index (χ1) is 15.2. The number of rotatable bonds is 6. The zero-order valence-corrected chi connectivity index (χ0v) is 17.5. The SMILES string of the molecule is COc1ccc(/C=C2\C(=O)N(c3ccccc3)N=C2c2ccccc2)c(OC)c1OC. The van der Waals surface area contributed by atoms with Crippen molar-refractivity contribution in [2.24, 2.45) is 5.10 Å². The number of hydrazone groups is 1. The van der Waals surface area contributed by atoms with Gasteiger partial charge in [0.25, 0.3) is 5.91 Å². The summed E-state index contributed by atoms with van der Waals surface area (Å²) >= 11 is 0. The molecule has 0 atom stereocenters. The van der Waals surface area contributed by atoms with E-state index < -0.39 is 0 Å². The summed E-state index contributed by atoms with van der Waals surface area (Å²) in [4.78, 5) is 13.4. The number of carbonyl (C=O) groups excluding carboxylic acids is 1. The molecule has 3 aromatic carbocycles. The van der Waals surface area contributed by atoms with Crippen LogP contribution in [0.1, 0.15) is 11.1 Å². The van der Waals surface area contributed by atoms with Crippen molar-refractivity contribution in [2.45, 2.75) is 0 Å². The van der Waals surface area contributed by atoms with E-state index in [1.54, 1.807) is 33.5 Å². The van der Waals surface area contributed by atoms with Crippen molar-refractivity contribution in [2.75, 3.05) is 26.3 Å². The summed E-state index contributed by atoms with van der Waals surface area (Å²) in [6.07, 6.45) is 1.78. The minimum atomic E-state index is -0.220. The molecule has 6 nitrogen and oxygen atoms in total. The fourth-order valence-corrected chi connectivity index (χ4v) is 3.49. The van der Waals surface area contributed by atoms with Crippen LogP contribution in [-0.4, -0.2) is 32.9 Å². The molecule has 0 saturated heterocycles. The van der Waals surface area contributed by atoms with Gasteiger partial charge in [-0.25, -0.2) is 0 Å². The zero-order valence-electron chi connectivity index (χ0n) is 17.5. The van der Waals surface area contributed by atoms with E-state index in [4.69, 9.17) is 14.2 Å². The van der Waals surface area contributed by atoms with Crippen LogP contribution in [0.2, 0.25) is 0 Å². The van der Waals surface area contributed by atoms with Crippen LogP contribution in [0.4, 0.5) is 5.69 Å². The van der Waals surface area contributed by atoms with Gasteiger partial charge in [-0.2, -0.15) is 10.1 Å². The summed E-state index contributed by atoms with van der Waals surface area (Å²) in [7, 11) is 4.66. The van der Waals surface area contributed by atoms with Crippen LogP contribution in [0.5, 0.6) is 17.2 Å². The minimum Gasteiger partial charge on any atom is -0.493 e. The van der Waals surface area contributed by atoms with Crippen molar-refractivity contribution in [1.29, 1.82) is 0 Å². The molecule has 0 spiro atoms. The molecule has 6 heteroatoms. The molecule has 1 amide bonds. The quantitative estimate of drug-likeness (QED) is 0.556. The van der Waals surface area contributed by atoms with Gasteiger partial charge in [0.05, 0.1) is 32.6 Å². The number of hydrogen-bond donors (Lipinski definition) is 0. The normalized spacial score (nSPS) is 14.5. The van der Waals surface area contributed by atoms with Crippen molar-refractivity contribution in [1.82, 2.24) is 0 Å². The monoisotopic (exact) mass is 414 g/mol. The molecule has 1 aliphatic rings. The molecule has 31 heavy (non-hydrogen) atoms. The highest BCUT2D eigenvalue weighted by molar-refractivity contribution is 6.37. The van der Waals surface area contributed by atoms with Crippen molar-refractivity contribution in [3.63, 3.8) is 0 Å². The molecular weight excluding hydrogens is 392 g/mol. The van der Waals surface area contributed by atoms with E-state index in [1.807, 2.05) is 66.7 Å². The largest absolute Gasteiger partial charge is 0.493 e. The Balaban J connectivity index is 1.87. The van der Waals surface area contributed by atoms with Gasteiger partial charge in [0.2, 0.25) is 5.75 Å². The number of amides is 1. The molecule has 0 aliphatic carbocycles. The highest BCUT2D eigenvalue weighted by Crippen LogP contribution is 2.41. The Morgan fingerprint density at radius 3 is 2.03 bits per heavy atom. The van der Waals surface area contributed by atoms with Gasteiger partial charge in [-0.1, -0.05) is 48.5 Å². The summed E-state index contributed by atoms with van der Waals surface area (Å²) in [6.45, 7) is 0. The molecule has 0 bridgehead atoms. The zero-order chi connectivity index (χ0) is 21.8. The molecule has 1 heterocycles. The fraction of sp³-hybridized carbons (Fsp3) is 0.120. The van der Waals surface area contributed by atoms with E-state index in [0.717, 1.165) is 5.56 Å². The van der Waals surface area contributed by atoms with Gasteiger partial charge in [-0.05, 0) is 30.3 Å². The Bertz CT molecular complexity index is 1150. The number of para-hydroxylation sites is 1. The van der Waals surface area contributed by atoms with E-state index in [1.165, 1.54) is 5.01 Å². The minimum absolute atomic E-state index is 0.220. The molecule has 0 saturated carbocycles. The smallest absolute Gasteiger partial charge is 0.281 e. The van der Waals surface area contributed by atoms with E-state index in [0.29, 0.717) is 39.8 Å². The van der Waals surface area contributed by atoms with Crippen LogP contribution in [0.15, 0.2) is 83.5 Å². The molecule has 3 aromatic rings. The van der Waals surface area contributed by atoms with Gasteiger partial charge >= 0.3 is 0 Å². The summed E-state index contributed by atoms with van der Waals surface area (Å²) in [5, 5.41) is 6.07. The summed E-state index contributed by atoms with van der Waals surface area (Å²) in [5.41, 5.74) is 3.28. The van der Waals surface area contributed by atoms with Gasteiger partial charge in [0, 0.05) is 11.1 Å². The maximum atomic E-state index is 13.4. The Hall–Kier alpha value is -4.06. The summed E-state index contributed by atoms with van der Waals surface area (Å²) in [6, 6.07) is 22.6. The molecule has 0 aromatic heterocycles. The van der Waals surface area contributed by atoms with E-state index >= 15 is 0 Å². The summed E-state index contributed by atoms with van der Waals surface area (Å²) < 4.78 is 16.4. The van der Waals surface area contributed by atoms with Gasteiger partial charge in [-0.15, -0.1) is 0 Å². The lowest BCUT2D eigenvalue weighted by Crippen LogP contribution is -2.21. The van der Waals surface area contributed by atoms with E-state index in [2.05, 4.69) is 5.10 Å². The average Bonchev–Trinajstić information content (AvgIpc) is 3.15. The lowest BCUT2D eigenvalue weighted by Gasteiger charge is -2.15. The number of carbonyl (C=O) groups is 1. The first-order valence-corrected chi connectivity index (χ1v) is 9.72. The van der Waals surface area contributed by atoms with Crippen LogP contribution < -0.4 is 19.2 Å². The average molecular weight is 414 g/mol. The maximum Gasteiger partial charge on any atom is 0.281 e. The Kier molecular flexibility index (Phi) is 5.71. The first-order valence-electron chi connectivity index (χ1n) is 9.72. The van der Waals surface area contributed by atoms with Gasteiger partial charge in [0.15, 0.2) is 11.5 Å². The molecule has 0 fully saturated rings. The van der Waals surface area contributed by atoms with Crippen molar-refractivity contribution in [3.05, 3.63) is 89.5 Å². The maximum absolute atomic E-state index is 13.4.